The van der Waals surface area contributed by atoms with Gasteiger partial charge in [-0.25, -0.2) is 0 Å². The van der Waals surface area contributed by atoms with Crippen molar-refractivity contribution in [2.45, 2.75) is 20.0 Å². The number of ether oxygens (including phenoxy) is 1. The van der Waals surface area contributed by atoms with E-state index in [0.717, 1.165) is 31.9 Å². The van der Waals surface area contributed by atoms with Crippen molar-refractivity contribution >= 4 is 22.4 Å². The Labute approximate surface area is 162 Å². The average Bonchev–Trinajstić information content (AvgIpc) is 2.66. The molecule has 0 bridgehead atoms. The molecule has 2 aromatic carbocycles. The van der Waals surface area contributed by atoms with Crippen molar-refractivity contribution in [2.24, 2.45) is 5.92 Å². The van der Waals surface area contributed by atoms with E-state index in [1.165, 1.54) is 10.8 Å². The maximum Gasteiger partial charge on any atom is 0.239 e. The number of nitrogens with zero attached hydrogens (tertiary/aromatic N) is 2. The van der Waals surface area contributed by atoms with Crippen molar-refractivity contribution in [1.82, 2.24) is 10.2 Å². The van der Waals surface area contributed by atoms with Gasteiger partial charge in [-0.05, 0) is 28.8 Å². The second-order valence-electron chi connectivity index (χ2n) is 7.84. The number of amides is 1. The molecular formula is C22H31N3O2. The Bertz CT molecular complexity index is 762. The number of carbonyl (C=O) groups excluding carboxylic acids is 1. The minimum absolute atomic E-state index is 0.0234. The van der Waals surface area contributed by atoms with Gasteiger partial charge in [0.25, 0.3) is 0 Å². The summed E-state index contributed by atoms with van der Waals surface area (Å²) in [4.78, 5) is 16.8. The van der Waals surface area contributed by atoms with Gasteiger partial charge in [0.2, 0.25) is 5.91 Å². The smallest absolute Gasteiger partial charge is 0.239 e. The predicted molar refractivity (Wildman–Crippen MR) is 111 cm³/mol. The Hall–Kier alpha value is -2.11. The topological polar surface area (TPSA) is 44.8 Å². The molecule has 1 saturated heterocycles. The Morgan fingerprint density at radius 3 is 2.81 bits per heavy atom. The van der Waals surface area contributed by atoms with Crippen molar-refractivity contribution < 1.29 is 9.53 Å². The van der Waals surface area contributed by atoms with Gasteiger partial charge in [0.05, 0.1) is 19.3 Å². The highest BCUT2D eigenvalue weighted by Gasteiger charge is 2.21. The minimum Gasteiger partial charge on any atom is -0.374 e. The van der Waals surface area contributed by atoms with E-state index in [2.05, 4.69) is 54.4 Å². The van der Waals surface area contributed by atoms with Crippen LogP contribution < -0.4 is 10.2 Å². The molecule has 1 aliphatic rings. The van der Waals surface area contributed by atoms with Crippen LogP contribution in [0.3, 0.4) is 0 Å². The van der Waals surface area contributed by atoms with Crippen LogP contribution in [0.1, 0.15) is 13.8 Å². The molecule has 1 unspecified atom stereocenters. The number of anilines is 1. The highest BCUT2D eigenvalue weighted by Crippen LogP contribution is 2.21. The van der Waals surface area contributed by atoms with Gasteiger partial charge in [-0.15, -0.1) is 0 Å². The number of morpholine rings is 1. The molecule has 0 aromatic heterocycles. The van der Waals surface area contributed by atoms with Crippen LogP contribution in [0.15, 0.2) is 42.5 Å². The Balaban J connectivity index is 1.48. The first kappa shape index (κ1) is 19.6. The van der Waals surface area contributed by atoms with Gasteiger partial charge in [-0.1, -0.05) is 44.2 Å². The summed E-state index contributed by atoms with van der Waals surface area (Å²) in [6.45, 7) is 9.05. The molecule has 0 radical (unpaired) electrons. The van der Waals surface area contributed by atoms with Crippen LogP contribution in [0.5, 0.6) is 0 Å². The fraction of sp³-hybridized carbons (Fsp3) is 0.500. The SMILES string of the molecule is CC(C)CN1CCOC(CNC(=O)CN(C)c2ccc3ccccc3c2)C1. The Morgan fingerprint density at radius 2 is 2.04 bits per heavy atom. The normalized spacial score (nSPS) is 18.0. The second kappa shape index (κ2) is 9.20. The zero-order chi connectivity index (χ0) is 19.2. The fourth-order valence-corrected chi connectivity index (χ4v) is 3.59. The van der Waals surface area contributed by atoms with Gasteiger partial charge >= 0.3 is 0 Å². The third-order valence-electron chi connectivity index (χ3n) is 4.93. The summed E-state index contributed by atoms with van der Waals surface area (Å²) in [7, 11) is 1.95. The van der Waals surface area contributed by atoms with Crippen LogP contribution in [0, 0.1) is 5.92 Å². The molecule has 1 N–H and O–H groups in total. The predicted octanol–water partition coefficient (Wildman–Crippen LogP) is 2.75. The molecule has 1 aliphatic heterocycles. The van der Waals surface area contributed by atoms with E-state index in [9.17, 15) is 4.79 Å². The van der Waals surface area contributed by atoms with Crippen LogP contribution in [0.25, 0.3) is 10.8 Å². The van der Waals surface area contributed by atoms with E-state index in [4.69, 9.17) is 4.74 Å². The first-order valence-electron chi connectivity index (χ1n) is 9.82. The second-order valence-corrected chi connectivity index (χ2v) is 7.84. The number of fused-ring (bicyclic) bond motifs is 1. The molecular weight excluding hydrogens is 338 g/mol. The largest absolute Gasteiger partial charge is 0.374 e. The van der Waals surface area contributed by atoms with Crippen LogP contribution in [0.2, 0.25) is 0 Å². The van der Waals surface area contributed by atoms with E-state index in [1.54, 1.807) is 0 Å². The van der Waals surface area contributed by atoms with Gasteiger partial charge in [-0.2, -0.15) is 0 Å². The molecule has 0 spiro atoms. The summed E-state index contributed by atoms with van der Waals surface area (Å²) in [6.07, 6.45) is 0.0763. The molecule has 5 nitrogen and oxygen atoms in total. The molecule has 1 atom stereocenters. The van der Waals surface area contributed by atoms with Crippen LogP contribution in [-0.2, 0) is 9.53 Å². The highest BCUT2D eigenvalue weighted by atomic mass is 16.5. The lowest BCUT2D eigenvalue weighted by Crippen LogP contribution is -2.49. The van der Waals surface area contributed by atoms with Gasteiger partial charge in [0, 0.05) is 38.9 Å². The van der Waals surface area contributed by atoms with Gasteiger partial charge in [-0.3, -0.25) is 9.69 Å². The Kier molecular flexibility index (Phi) is 6.69. The number of carbonyl (C=O) groups is 1. The van der Waals surface area contributed by atoms with Crippen molar-refractivity contribution in [2.75, 3.05) is 51.3 Å². The molecule has 27 heavy (non-hydrogen) atoms. The van der Waals surface area contributed by atoms with E-state index in [0.29, 0.717) is 19.0 Å². The van der Waals surface area contributed by atoms with E-state index < -0.39 is 0 Å². The lowest BCUT2D eigenvalue weighted by Gasteiger charge is -2.34. The molecule has 1 amide bonds. The molecule has 146 valence electrons. The maximum atomic E-state index is 12.4. The number of likely N-dealkylation sites (N-methyl/N-ethyl adjacent to an activating group) is 1. The third-order valence-corrected chi connectivity index (χ3v) is 4.93. The van der Waals surface area contributed by atoms with E-state index in [-0.39, 0.29) is 12.0 Å². The lowest BCUT2D eigenvalue weighted by molar-refractivity contribution is -0.121. The van der Waals surface area contributed by atoms with E-state index in [1.807, 2.05) is 24.1 Å². The van der Waals surface area contributed by atoms with Crippen LogP contribution in [0.4, 0.5) is 5.69 Å². The zero-order valence-electron chi connectivity index (χ0n) is 16.6. The quantitative estimate of drug-likeness (QED) is 0.815. The van der Waals surface area contributed by atoms with Crippen molar-refractivity contribution in [3.63, 3.8) is 0 Å². The number of hydrogen-bond acceptors (Lipinski definition) is 4. The van der Waals surface area contributed by atoms with Crippen molar-refractivity contribution in [3.05, 3.63) is 42.5 Å². The number of nitrogens with one attached hydrogen (secondary N) is 1. The zero-order valence-corrected chi connectivity index (χ0v) is 16.6. The molecule has 1 heterocycles. The monoisotopic (exact) mass is 369 g/mol. The summed E-state index contributed by atoms with van der Waals surface area (Å²) in [5, 5.41) is 5.42. The summed E-state index contributed by atoms with van der Waals surface area (Å²) >= 11 is 0. The van der Waals surface area contributed by atoms with Crippen LogP contribution >= 0.6 is 0 Å². The standard InChI is InChI=1S/C22H31N3O2/c1-17(2)14-25-10-11-27-21(15-25)13-23-22(26)16-24(3)20-9-8-18-6-4-5-7-19(18)12-20/h4-9,12,17,21H,10-11,13-16H2,1-3H3,(H,23,26). The summed E-state index contributed by atoms with van der Waals surface area (Å²) in [5.74, 6) is 0.671. The fourth-order valence-electron chi connectivity index (χ4n) is 3.59. The lowest BCUT2D eigenvalue weighted by atomic mass is 10.1. The number of hydrogen-bond donors (Lipinski definition) is 1. The van der Waals surface area contributed by atoms with Crippen LogP contribution in [-0.4, -0.2) is 63.3 Å². The van der Waals surface area contributed by atoms with E-state index >= 15 is 0 Å². The van der Waals surface area contributed by atoms with Gasteiger partial charge < -0.3 is 15.0 Å². The highest BCUT2D eigenvalue weighted by molar-refractivity contribution is 5.87. The minimum atomic E-state index is 0.0234. The van der Waals surface area contributed by atoms with Gasteiger partial charge in [0.15, 0.2) is 0 Å². The maximum absolute atomic E-state index is 12.4. The molecule has 0 aliphatic carbocycles. The van der Waals surface area contributed by atoms with Crippen molar-refractivity contribution in [1.29, 1.82) is 0 Å². The first-order chi connectivity index (χ1) is 13.0. The molecule has 2 aromatic rings. The average molecular weight is 370 g/mol. The molecule has 5 heteroatoms. The van der Waals surface area contributed by atoms with Gasteiger partial charge in [0.1, 0.15) is 0 Å². The molecule has 1 fully saturated rings. The molecule has 0 saturated carbocycles. The summed E-state index contributed by atoms with van der Waals surface area (Å²) in [6, 6.07) is 14.5. The number of benzene rings is 2. The molecule has 3 rings (SSSR count). The number of rotatable bonds is 7. The Morgan fingerprint density at radius 1 is 1.26 bits per heavy atom. The summed E-state index contributed by atoms with van der Waals surface area (Å²) in [5.41, 5.74) is 1.04. The third kappa shape index (κ3) is 5.68. The van der Waals surface area contributed by atoms with Crippen molar-refractivity contribution in [3.8, 4) is 0 Å². The first-order valence-corrected chi connectivity index (χ1v) is 9.82. The summed E-state index contributed by atoms with van der Waals surface area (Å²) < 4.78 is 5.81.